The summed E-state index contributed by atoms with van der Waals surface area (Å²) < 4.78 is 0. The smallest absolute Gasteiger partial charge is 0.226 e. The highest BCUT2D eigenvalue weighted by atomic mass is 16.3. The van der Waals surface area contributed by atoms with Gasteiger partial charge in [-0.2, -0.15) is 0 Å². The number of nitrogens with zero attached hydrogens (tertiary/aromatic N) is 4. The molecule has 2 amide bonds. The Kier molecular flexibility index (Phi) is 11.3. The fourth-order valence-electron chi connectivity index (χ4n) is 14.7. The molecule has 10 nitrogen and oxygen atoms in total. The molecule has 6 atom stereocenters. The lowest BCUT2D eigenvalue weighted by atomic mass is 9.48. The molecule has 4 aromatic rings. The topological polar surface area (TPSA) is 131 Å². The van der Waals surface area contributed by atoms with Crippen LogP contribution in [-0.2, 0) is 9.59 Å². The maximum Gasteiger partial charge on any atom is 0.226 e. The second-order valence-electron chi connectivity index (χ2n) is 21.6. The summed E-state index contributed by atoms with van der Waals surface area (Å²) in [6.45, 7) is 3.80. The van der Waals surface area contributed by atoms with Crippen molar-refractivity contribution in [2.24, 2.45) is 46.3 Å². The molecule has 8 bridgehead atoms. The van der Waals surface area contributed by atoms with Gasteiger partial charge in [0.05, 0.1) is 23.0 Å². The van der Waals surface area contributed by atoms with Crippen molar-refractivity contribution in [2.75, 3.05) is 36.0 Å². The van der Waals surface area contributed by atoms with Crippen molar-refractivity contribution >= 4 is 23.2 Å². The van der Waals surface area contributed by atoms with Crippen molar-refractivity contribution < 1.29 is 19.8 Å². The molecule has 64 heavy (non-hydrogen) atoms. The Labute approximate surface area is 378 Å². The third-order valence-corrected chi connectivity index (χ3v) is 17.4. The lowest BCUT2D eigenvalue weighted by Gasteiger charge is -2.58. The number of carbonyl (C=O) groups excluding carboxylic acids is 2. The minimum atomic E-state index is -0.219. The van der Waals surface area contributed by atoms with Gasteiger partial charge in [-0.1, -0.05) is 36.4 Å². The van der Waals surface area contributed by atoms with Crippen molar-refractivity contribution in [3.63, 3.8) is 0 Å². The van der Waals surface area contributed by atoms with E-state index in [-0.39, 0.29) is 46.9 Å². The van der Waals surface area contributed by atoms with Crippen LogP contribution >= 0.6 is 0 Å². The normalized spacial score (nSPS) is 35.7. The Morgan fingerprint density at radius 1 is 0.531 bits per heavy atom. The number of pyridine rings is 2. The van der Waals surface area contributed by atoms with E-state index < -0.39 is 0 Å². The van der Waals surface area contributed by atoms with E-state index in [1.54, 1.807) is 12.4 Å². The second kappa shape index (κ2) is 17.2. The van der Waals surface area contributed by atoms with Gasteiger partial charge in [0.15, 0.2) is 0 Å². The van der Waals surface area contributed by atoms with Gasteiger partial charge in [0.2, 0.25) is 11.8 Å². The monoisotopic (exact) mass is 863 g/mol. The van der Waals surface area contributed by atoms with Gasteiger partial charge in [0.25, 0.3) is 0 Å². The molecule has 2 aromatic carbocycles. The highest BCUT2D eigenvalue weighted by molar-refractivity contribution is 5.84. The van der Waals surface area contributed by atoms with Gasteiger partial charge in [-0.15, -0.1) is 0 Å². The van der Waals surface area contributed by atoms with Gasteiger partial charge in [-0.25, -0.2) is 0 Å². The minimum Gasteiger partial charge on any atom is -0.393 e. The van der Waals surface area contributed by atoms with Crippen molar-refractivity contribution in [2.45, 2.75) is 114 Å². The summed E-state index contributed by atoms with van der Waals surface area (Å²) in [6.07, 6.45) is 21.4. The molecule has 0 spiro atoms. The van der Waals surface area contributed by atoms with Crippen LogP contribution in [0.15, 0.2) is 97.6 Å². The summed E-state index contributed by atoms with van der Waals surface area (Å²) in [4.78, 5) is 40.2. The maximum absolute atomic E-state index is 13.5. The fraction of sp³-hybridized carbons (Fsp3) is 0.556. The van der Waals surface area contributed by atoms with E-state index in [2.05, 4.69) is 91.1 Å². The summed E-state index contributed by atoms with van der Waals surface area (Å²) in [5.41, 5.74) is 6.60. The van der Waals surface area contributed by atoms with Crippen LogP contribution in [0.25, 0.3) is 22.3 Å². The van der Waals surface area contributed by atoms with E-state index in [0.717, 1.165) is 127 Å². The predicted molar refractivity (Wildman–Crippen MR) is 250 cm³/mol. The number of piperidine rings is 2. The molecule has 2 aromatic heterocycles. The van der Waals surface area contributed by atoms with Crippen molar-refractivity contribution in [1.82, 2.24) is 20.6 Å². The molecule has 4 N–H and O–H groups in total. The van der Waals surface area contributed by atoms with Crippen LogP contribution in [-0.4, -0.2) is 82.5 Å². The number of hydrogen-bond donors (Lipinski definition) is 4. The Hall–Kier alpha value is -4.80. The number of aromatic nitrogens is 2. The number of aliphatic hydroxyl groups excluding tert-OH is 2. The summed E-state index contributed by atoms with van der Waals surface area (Å²) in [6, 6.07) is 25.9. The van der Waals surface area contributed by atoms with Crippen LogP contribution < -0.4 is 20.4 Å². The van der Waals surface area contributed by atoms with Crippen LogP contribution in [0.2, 0.25) is 0 Å². The number of hydrogen-bond acceptors (Lipinski definition) is 8. The Bertz CT molecular complexity index is 2080. The first-order chi connectivity index (χ1) is 31.2. The molecular formula is C54H66N6O4. The molecule has 336 valence electrons. The number of amides is 2. The first-order valence-electron chi connectivity index (χ1n) is 24.7. The largest absolute Gasteiger partial charge is 0.393 e. The third kappa shape index (κ3) is 8.12. The number of carbonyl (C=O) groups is 2. The van der Waals surface area contributed by atoms with Crippen molar-refractivity contribution in [3.8, 4) is 22.3 Å². The molecule has 10 aliphatic rings. The highest BCUT2D eigenvalue weighted by Gasteiger charge is 2.59. The molecule has 4 unspecified atom stereocenters. The van der Waals surface area contributed by atoms with E-state index in [1.165, 1.54) is 22.5 Å². The van der Waals surface area contributed by atoms with Crippen LogP contribution in [0.4, 0.5) is 11.4 Å². The van der Waals surface area contributed by atoms with Gasteiger partial charge in [0, 0.05) is 74.4 Å². The van der Waals surface area contributed by atoms with Crippen LogP contribution in [0, 0.1) is 46.3 Å². The number of rotatable bonds is 8. The van der Waals surface area contributed by atoms with Crippen LogP contribution in [0.5, 0.6) is 0 Å². The standard InChI is InChI=1S/2C27H33N3O2/c2*31-25-21-11-18-12-22(25)15-27(13-18,14-21)26(32)29-23-4-2-10-30(17-23)24-7-5-19(6-8-24)20-3-1-9-28-16-20/h2*1,3,5-9,16,18,21-23,25,31H,2,4,10-15,17H2,(H,29,32)/t2*18?,21?,22?,23-,25?,27?/m00/s1. The Balaban J connectivity index is 0.000000143. The van der Waals surface area contributed by atoms with Crippen molar-refractivity contribution in [3.05, 3.63) is 97.6 Å². The number of nitrogens with one attached hydrogen (secondary N) is 2. The fourth-order valence-corrected chi connectivity index (χ4v) is 14.7. The molecular weight excluding hydrogens is 797 g/mol. The van der Waals surface area contributed by atoms with E-state index in [1.807, 2.05) is 24.5 Å². The summed E-state index contributed by atoms with van der Waals surface area (Å²) in [5.74, 6) is 3.18. The Morgan fingerprint density at radius 3 is 1.28 bits per heavy atom. The molecule has 0 radical (unpaired) electrons. The van der Waals surface area contributed by atoms with Gasteiger partial charge >= 0.3 is 0 Å². The van der Waals surface area contributed by atoms with Crippen LogP contribution in [0.1, 0.15) is 89.9 Å². The highest BCUT2D eigenvalue weighted by Crippen LogP contribution is 2.61. The predicted octanol–water partition coefficient (Wildman–Crippen LogP) is 8.04. The molecule has 10 heteroatoms. The maximum atomic E-state index is 13.5. The van der Waals surface area contributed by atoms with E-state index in [4.69, 9.17) is 0 Å². The average Bonchev–Trinajstić information content (AvgIpc) is 3.33. The van der Waals surface area contributed by atoms with Gasteiger partial charge in [0.1, 0.15) is 0 Å². The molecule has 8 aliphatic carbocycles. The first kappa shape index (κ1) is 41.9. The zero-order valence-corrected chi connectivity index (χ0v) is 37.2. The van der Waals surface area contributed by atoms with E-state index in [9.17, 15) is 19.8 Å². The quantitative estimate of drug-likeness (QED) is 0.140. The third-order valence-electron chi connectivity index (χ3n) is 17.4. The molecule has 10 fully saturated rings. The molecule has 14 rings (SSSR count). The second-order valence-corrected chi connectivity index (χ2v) is 21.6. The van der Waals surface area contributed by atoms with E-state index >= 15 is 0 Å². The molecule has 2 aliphatic heterocycles. The average molecular weight is 863 g/mol. The first-order valence-corrected chi connectivity index (χ1v) is 24.7. The number of benzene rings is 2. The zero-order valence-electron chi connectivity index (χ0n) is 37.2. The number of anilines is 2. The molecule has 8 saturated carbocycles. The minimum absolute atomic E-state index is 0.174. The van der Waals surface area contributed by atoms with Crippen LogP contribution in [0.3, 0.4) is 0 Å². The Morgan fingerprint density at radius 2 is 0.922 bits per heavy atom. The summed E-state index contributed by atoms with van der Waals surface area (Å²) in [5, 5.41) is 28.0. The van der Waals surface area contributed by atoms with E-state index in [0.29, 0.717) is 35.5 Å². The SMILES string of the molecule is O=C(N[C@H]1CCCN(c2ccc(-c3cccnc3)cc2)C1)C12CC3CC(C1)C(O)C(C3)C2.O=C(N[C@H]1CCCN(c2ccc(-c3cccnc3)cc2)C1)C12CC3CC(C1)C(O)C(C3)C2. The van der Waals surface area contributed by atoms with Gasteiger partial charge in [-0.05, 0) is 184 Å². The summed E-state index contributed by atoms with van der Waals surface area (Å²) >= 11 is 0. The molecule has 4 heterocycles. The molecule has 2 saturated heterocycles. The number of aliphatic hydroxyl groups is 2. The lowest BCUT2D eigenvalue weighted by Crippen LogP contribution is -2.60. The van der Waals surface area contributed by atoms with Gasteiger partial charge in [-0.3, -0.25) is 19.6 Å². The summed E-state index contributed by atoms with van der Waals surface area (Å²) in [7, 11) is 0. The van der Waals surface area contributed by atoms with Crippen molar-refractivity contribution in [1.29, 1.82) is 0 Å². The van der Waals surface area contributed by atoms with Gasteiger partial charge < -0.3 is 30.6 Å². The lowest BCUT2D eigenvalue weighted by molar-refractivity contribution is -0.164. The zero-order chi connectivity index (χ0) is 43.4.